The van der Waals surface area contributed by atoms with Gasteiger partial charge in [0.15, 0.2) is 12.5 Å². The molecule has 7 heteroatoms. The highest BCUT2D eigenvalue weighted by atomic mass is 32.2. The largest absolute Gasteiger partial charge is 0.369 e. The Bertz CT molecular complexity index is 497. The smallest absolute Gasteiger partial charge is 0.285 e. The van der Waals surface area contributed by atoms with Crippen LogP contribution < -0.4 is 16.0 Å². The van der Waals surface area contributed by atoms with Crippen molar-refractivity contribution in [3.05, 3.63) is 22.8 Å². The minimum absolute atomic E-state index is 0.142. The molecule has 2 atom stereocenters. The lowest BCUT2D eigenvalue weighted by molar-refractivity contribution is 0.191. The van der Waals surface area contributed by atoms with Gasteiger partial charge in [0, 0.05) is 22.9 Å². The van der Waals surface area contributed by atoms with Crippen molar-refractivity contribution >= 4 is 23.2 Å². The van der Waals surface area contributed by atoms with Crippen LogP contribution in [-0.4, -0.2) is 35.1 Å². The van der Waals surface area contributed by atoms with E-state index in [0.29, 0.717) is 10.9 Å². The first-order chi connectivity index (χ1) is 10.2. The Hall–Kier alpha value is -1.31. The van der Waals surface area contributed by atoms with Crippen LogP contribution in [0.3, 0.4) is 0 Å². The third kappa shape index (κ3) is 3.87. The van der Waals surface area contributed by atoms with Crippen molar-refractivity contribution in [2.45, 2.75) is 50.7 Å². The predicted octanol–water partition coefficient (Wildman–Crippen LogP) is 1.41. The molecule has 1 saturated carbocycles. The molecule has 2 fully saturated rings. The number of hydrogen-bond donors (Lipinski definition) is 4. The Labute approximate surface area is 128 Å². The van der Waals surface area contributed by atoms with E-state index in [4.69, 9.17) is 0 Å². The highest BCUT2D eigenvalue weighted by Crippen LogP contribution is 2.27. The van der Waals surface area contributed by atoms with Gasteiger partial charge in [0.2, 0.25) is 0 Å². The maximum atomic E-state index is 11.2. The number of amides is 1. The number of aliphatic hydroxyl groups is 1. The molecule has 21 heavy (non-hydrogen) atoms. The second kappa shape index (κ2) is 6.64. The first-order valence-corrected chi connectivity index (χ1v) is 8.16. The molecule has 1 aliphatic carbocycles. The van der Waals surface area contributed by atoms with E-state index < -0.39 is 6.23 Å². The monoisotopic (exact) mass is 308 g/mol. The van der Waals surface area contributed by atoms with Crippen LogP contribution in [0.4, 0.5) is 4.79 Å². The Kier molecular flexibility index (Phi) is 4.62. The van der Waals surface area contributed by atoms with E-state index in [1.807, 2.05) is 6.08 Å². The van der Waals surface area contributed by atoms with Crippen molar-refractivity contribution < 1.29 is 9.90 Å². The van der Waals surface area contributed by atoms with E-state index in [2.05, 4.69) is 20.9 Å². The van der Waals surface area contributed by atoms with E-state index >= 15 is 0 Å². The fraction of sp³-hybridized carbons (Fsp3) is 0.571. The van der Waals surface area contributed by atoms with Gasteiger partial charge < -0.3 is 15.7 Å². The molecular formula is C14H20N4O2S. The van der Waals surface area contributed by atoms with E-state index in [1.165, 1.54) is 32.1 Å². The van der Waals surface area contributed by atoms with E-state index in [9.17, 15) is 9.90 Å². The molecule has 0 bridgehead atoms. The van der Waals surface area contributed by atoms with Crippen molar-refractivity contribution in [1.82, 2.24) is 16.0 Å². The normalized spacial score (nSPS) is 32.0. The molecule has 0 aromatic rings. The zero-order valence-electron chi connectivity index (χ0n) is 11.7. The lowest BCUT2D eigenvalue weighted by atomic mass is 9.95. The summed E-state index contributed by atoms with van der Waals surface area (Å²) in [5, 5.41) is 18.7. The van der Waals surface area contributed by atoms with Crippen LogP contribution in [0.25, 0.3) is 0 Å². The summed E-state index contributed by atoms with van der Waals surface area (Å²) in [7, 11) is 0. The molecule has 2 heterocycles. The van der Waals surface area contributed by atoms with Crippen LogP contribution in [0.15, 0.2) is 27.7 Å². The third-order valence-corrected chi connectivity index (χ3v) is 4.70. The summed E-state index contributed by atoms with van der Waals surface area (Å²) in [5.74, 6) is 0. The first kappa shape index (κ1) is 14.6. The highest BCUT2D eigenvalue weighted by molar-refractivity contribution is 8.17. The van der Waals surface area contributed by atoms with Crippen molar-refractivity contribution in [3.8, 4) is 0 Å². The number of thioether (sulfide) groups is 1. The van der Waals surface area contributed by atoms with Gasteiger partial charge in [-0.25, -0.2) is 0 Å². The number of carbonyl (C=O) groups is 1. The van der Waals surface area contributed by atoms with Crippen molar-refractivity contribution in [2.24, 2.45) is 4.99 Å². The molecule has 0 aromatic heterocycles. The molecule has 0 radical (unpaired) electrons. The molecule has 2 aliphatic heterocycles. The van der Waals surface area contributed by atoms with Crippen LogP contribution in [0, 0.1) is 0 Å². The average molecular weight is 308 g/mol. The molecule has 114 valence electrons. The molecule has 0 spiro atoms. The fourth-order valence-electron chi connectivity index (χ4n) is 2.76. The maximum Gasteiger partial charge on any atom is 0.285 e. The van der Waals surface area contributed by atoms with Gasteiger partial charge in [-0.05, 0) is 36.8 Å². The number of aliphatic hydroxyl groups excluding tert-OH is 1. The van der Waals surface area contributed by atoms with Crippen molar-refractivity contribution in [1.29, 1.82) is 0 Å². The van der Waals surface area contributed by atoms with E-state index in [1.54, 1.807) is 12.3 Å². The molecule has 1 saturated heterocycles. The zero-order chi connectivity index (χ0) is 14.7. The number of nitrogens with zero attached hydrogens (tertiary/aromatic N) is 1. The number of allylic oxidation sites excluding steroid dienone is 2. The summed E-state index contributed by atoms with van der Waals surface area (Å²) < 4.78 is 0. The lowest BCUT2D eigenvalue weighted by Gasteiger charge is -2.28. The van der Waals surface area contributed by atoms with Gasteiger partial charge in [-0.3, -0.25) is 15.1 Å². The van der Waals surface area contributed by atoms with E-state index in [0.717, 1.165) is 17.5 Å². The van der Waals surface area contributed by atoms with E-state index in [-0.39, 0.29) is 11.5 Å². The predicted molar refractivity (Wildman–Crippen MR) is 83.7 cm³/mol. The molecule has 3 aliphatic rings. The van der Waals surface area contributed by atoms with Gasteiger partial charge in [0.25, 0.3) is 5.24 Å². The Balaban J connectivity index is 1.58. The number of rotatable bonds is 3. The zero-order valence-corrected chi connectivity index (χ0v) is 12.5. The van der Waals surface area contributed by atoms with Gasteiger partial charge in [0.05, 0.1) is 0 Å². The second-order valence-corrected chi connectivity index (χ2v) is 6.50. The van der Waals surface area contributed by atoms with Gasteiger partial charge in [-0.15, -0.1) is 0 Å². The standard InChI is InChI=1S/C14H20N4O2S/c19-12-11(21-14(20)18-12)8-10-6-7-15-13(17-10)16-9-4-2-1-3-5-9/h6-9,12-13,16-17,19H,1-5H2,(H,18,20)/b11-8-. The summed E-state index contributed by atoms with van der Waals surface area (Å²) in [6.45, 7) is 0. The molecular weight excluding hydrogens is 288 g/mol. The highest BCUT2D eigenvalue weighted by Gasteiger charge is 2.26. The minimum Gasteiger partial charge on any atom is -0.369 e. The number of hydrogen-bond acceptors (Lipinski definition) is 6. The Morgan fingerprint density at radius 3 is 2.86 bits per heavy atom. The van der Waals surface area contributed by atoms with Gasteiger partial charge in [0.1, 0.15) is 0 Å². The van der Waals surface area contributed by atoms with Gasteiger partial charge in [-0.1, -0.05) is 19.3 Å². The summed E-state index contributed by atoms with van der Waals surface area (Å²) in [6, 6.07) is 0.509. The Morgan fingerprint density at radius 2 is 2.14 bits per heavy atom. The molecule has 6 nitrogen and oxygen atoms in total. The fourth-order valence-corrected chi connectivity index (χ4v) is 3.50. The SMILES string of the molecule is O=C1NC(O)/C(=C/C2=CC=NC(NC3CCCCC3)N2)S1. The average Bonchev–Trinajstić information content (AvgIpc) is 2.78. The number of nitrogens with one attached hydrogen (secondary N) is 3. The third-order valence-electron chi connectivity index (χ3n) is 3.82. The van der Waals surface area contributed by atoms with Crippen molar-refractivity contribution in [2.75, 3.05) is 0 Å². The molecule has 3 rings (SSSR count). The minimum atomic E-state index is -0.909. The topological polar surface area (TPSA) is 85.8 Å². The molecule has 4 N–H and O–H groups in total. The quantitative estimate of drug-likeness (QED) is 0.633. The Morgan fingerprint density at radius 1 is 1.33 bits per heavy atom. The summed E-state index contributed by atoms with van der Waals surface area (Å²) in [4.78, 5) is 16.2. The lowest BCUT2D eigenvalue weighted by Crippen LogP contribution is -2.47. The molecule has 1 amide bonds. The van der Waals surface area contributed by atoms with Crippen LogP contribution in [0.5, 0.6) is 0 Å². The number of carbonyl (C=O) groups excluding carboxylic acids is 1. The summed E-state index contributed by atoms with van der Waals surface area (Å²) in [5.41, 5.74) is 0.844. The van der Waals surface area contributed by atoms with Crippen LogP contribution in [-0.2, 0) is 0 Å². The van der Waals surface area contributed by atoms with Gasteiger partial charge in [-0.2, -0.15) is 0 Å². The summed E-state index contributed by atoms with van der Waals surface area (Å²) in [6.07, 6.45) is 10.6. The van der Waals surface area contributed by atoms with Crippen LogP contribution >= 0.6 is 11.8 Å². The van der Waals surface area contributed by atoms with Crippen LogP contribution in [0.2, 0.25) is 0 Å². The number of aliphatic imine (C=N–C) groups is 1. The molecule has 0 aromatic carbocycles. The first-order valence-electron chi connectivity index (χ1n) is 7.35. The van der Waals surface area contributed by atoms with Crippen LogP contribution in [0.1, 0.15) is 32.1 Å². The maximum absolute atomic E-state index is 11.2. The summed E-state index contributed by atoms with van der Waals surface area (Å²) >= 11 is 1.02. The van der Waals surface area contributed by atoms with Crippen molar-refractivity contribution in [3.63, 3.8) is 0 Å². The second-order valence-electron chi connectivity index (χ2n) is 5.45. The van der Waals surface area contributed by atoms with Gasteiger partial charge >= 0.3 is 0 Å². The molecule has 2 unspecified atom stereocenters.